The van der Waals surface area contributed by atoms with Gasteiger partial charge in [0.05, 0.1) is 27.2 Å². The van der Waals surface area contributed by atoms with E-state index in [0.29, 0.717) is 40.9 Å². The number of hydrogen-bond donors (Lipinski definition) is 2. The summed E-state index contributed by atoms with van der Waals surface area (Å²) in [6.45, 7) is 5.02. The molecule has 0 aliphatic heterocycles. The van der Waals surface area contributed by atoms with Gasteiger partial charge in [-0.1, -0.05) is 19.9 Å². The lowest BCUT2D eigenvalue weighted by atomic mass is 9.46. The van der Waals surface area contributed by atoms with Gasteiger partial charge in [-0.15, -0.1) is 0 Å². The second-order valence-electron chi connectivity index (χ2n) is 8.32. The van der Waals surface area contributed by atoms with Crippen LogP contribution in [0.3, 0.4) is 0 Å². The lowest BCUT2D eigenvalue weighted by molar-refractivity contribution is -0.122. The van der Waals surface area contributed by atoms with Gasteiger partial charge in [-0.05, 0) is 48.5 Å². The van der Waals surface area contributed by atoms with Crippen LogP contribution in [0, 0.1) is 23.2 Å². The van der Waals surface area contributed by atoms with Gasteiger partial charge in [0, 0.05) is 11.6 Å². The number of carbonyl (C=O) groups excluding carboxylic acids is 2. The Morgan fingerprint density at radius 1 is 1.14 bits per heavy atom. The summed E-state index contributed by atoms with van der Waals surface area (Å²) < 4.78 is 15.8. The molecular weight excluding hydrogens is 360 g/mol. The van der Waals surface area contributed by atoms with Crippen LogP contribution in [-0.4, -0.2) is 32.8 Å². The predicted octanol–water partition coefficient (Wildman–Crippen LogP) is 3.08. The van der Waals surface area contributed by atoms with Crippen molar-refractivity contribution < 1.29 is 23.8 Å². The molecule has 1 aromatic carbocycles. The zero-order valence-corrected chi connectivity index (χ0v) is 17.0. The normalized spacial score (nSPS) is 24.5. The van der Waals surface area contributed by atoms with Gasteiger partial charge in [-0.3, -0.25) is 10.2 Å². The van der Waals surface area contributed by atoms with Gasteiger partial charge in [0.25, 0.3) is 0 Å². The van der Waals surface area contributed by atoms with Crippen molar-refractivity contribution in [2.45, 2.75) is 39.5 Å². The first-order valence-electron chi connectivity index (χ1n) is 9.77. The average molecular weight is 390 g/mol. The van der Waals surface area contributed by atoms with Crippen LogP contribution in [0.5, 0.6) is 11.5 Å². The molecule has 3 saturated carbocycles. The fraction of sp³-hybridized carbons (Fsp3) is 0.619. The van der Waals surface area contributed by atoms with Crippen molar-refractivity contribution >= 4 is 12.0 Å². The molecule has 3 unspecified atom stereocenters. The van der Waals surface area contributed by atoms with Crippen molar-refractivity contribution in [3.8, 4) is 11.5 Å². The lowest BCUT2D eigenvalue weighted by Gasteiger charge is -2.60. The number of rotatable bonds is 6. The van der Waals surface area contributed by atoms with Crippen molar-refractivity contribution in [1.82, 2.24) is 10.9 Å². The van der Waals surface area contributed by atoms with E-state index in [1.54, 1.807) is 25.3 Å². The SMILES string of the molecule is COc1ccc(CC(=O)NNC(=O)OCC2CCC3CC2C3(C)C)c(OC)c1. The molecule has 0 saturated heterocycles. The van der Waals surface area contributed by atoms with E-state index in [-0.39, 0.29) is 12.3 Å². The van der Waals surface area contributed by atoms with Gasteiger partial charge in [0.1, 0.15) is 11.5 Å². The molecule has 1 aromatic rings. The first-order valence-corrected chi connectivity index (χ1v) is 9.77. The quantitative estimate of drug-likeness (QED) is 0.729. The highest BCUT2D eigenvalue weighted by Gasteiger charge is 2.54. The molecule has 2 amide bonds. The van der Waals surface area contributed by atoms with Gasteiger partial charge < -0.3 is 14.2 Å². The molecule has 0 spiro atoms. The van der Waals surface area contributed by atoms with E-state index in [2.05, 4.69) is 24.7 Å². The van der Waals surface area contributed by atoms with Crippen molar-refractivity contribution in [2.24, 2.45) is 23.2 Å². The molecule has 2 N–H and O–H groups in total. The molecule has 7 heteroatoms. The monoisotopic (exact) mass is 390 g/mol. The number of nitrogens with one attached hydrogen (secondary N) is 2. The Labute approximate surface area is 166 Å². The third-order valence-corrected chi connectivity index (χ3v) is 6.58. The average Bonchev–Trinajstić information content (AvgIpc) is 2.70. The molecule has 3 aliphatic carbocycles. The first kappa shape index (κ1) is 20.3. The second-order valence-corrected chi connectivity index (χ2v) is 8.32. The van der Waals surface area contributed by atoms with Gasteiger partial charge >= 0.3 is 6.09 Å². The molecule has 0 aromatic heterocycles. The highest BCUT2D eigenvalue weighted by atomic mass is 16.6. The summed E-state index contributed by atoms with van der Waals surface area (Å²) in [5.74, 6) is 2.68. The number of ether oxygens (including phenoxy) is 3. The summed E-state index contributed by atoms with van der Waals surface area (Å²) in [7, 11) is 3.09. The van der Waals surface area contributed by atoms with E-state index in [0.717, 1.165) is 12.3 Å². The Bertz CT molecular complexity index is 732. The van der Waals surface area contributed by atoms with Crippen LogP contribution >= 0.6 is 0 Å². The molecule has 28 heavy (non-hydrogen) atoms. The van der Waals surface area contributed by atoms with Crippen LogP contribution in [-0.2, 0) is 16.0 Å². The topological polar surface area (TPSA) is 85.9 Å². The highest BCUT2D eigenvalue weighted by Crippen LogP contribution is 2.61. The fourth-order valence-corrected chi connectivity index (χ4v) is 4.72. The molecule has 3 fully saturated rings. The third kappa shape index (κ3) is 4.18. The van der Waals surface area contributed by atoms with Crippen LogP contribution in [0.25, 0.3) is 0 Å². The molecule has 2 bridgehead atoms. The smallest absolute Gasteiger partial charge is 0.426 e. The molecule has 3 aliphatic rings. The van der Waals surface area contributed by atoms with Gasteiger partial charge in [0.2, 0.25) is 5.91 Å². The Hall–Kier alpha value is -2.44. The van der Waals surface area contributed by atoms with E-state index in [1.165, 1.54) is 20.0 Å². The van der Waals surface area contributed by atoms with Crippen molar-refractivity contribution in [1.29, 1.82) is 0 Å². The van der Waals surface area contributed by atoms with Crippen LogP contribution < -0.4 is 20.3 Å². The van der Waals surface area contributed by atoms with E-state index < -0.39 is 6.09 Å². The summed E-state index contributed by atoms with van der Waals surface area (Å²) >= 11 is 0. The first-order chi connectivity index (χ1) is 13.3. The van der Waals surface area contributed by atoms with Crippen LogP contribution in [0.4, 0.5) is 4.79 Å². The zero-order valence-electron chi connectivity index (χ0n) is 17.0. The van der Waals surface area contributed by atoms with Crippen LogP contribution in [0.1, 0.15) is 38.7 Å². The van der Waals surface area contributed by atoms with E-state index in [4.69, 9.17) is 14.2 Å². The molecule has 3 atom stereocenters. The largest absolute Gasteiger partial charge is 0.497 e. The molecule has 0 heterocycles. The minimum Gasteiger partial charge on any atom is -0.497 e. The number of benzene rings is 1. The van der Waals surface area contributed by atoms with Crippen LogP contribution in [0.2, 0.25) is 0 Å². The third-order valence-electron chi connectivity index (χ3n) is 6.58. The number of amides is 2. The lowest BCUT2D eigenvalue weighted by Crippen LogP contribution is -2.53. The van der Waals surface area contributed by atoms with E-state index >= 15 is 0 Å². The van der Waals surface area contributed by atoms with E-state index in [1.807, 2.05) is 0 Å². The Morgan fingerprint density at radius 2 is 1.93 bits per heavy atom. The predicted molar refractivity (Wildman–Crippen MR) is 104 cm³/mol. The maximum Gasteiger partial charge on any atom is 0.426 e. The Kier molecular flexibility index (Phi) is 6.01. The highest BCUT2D eigenvalue weighted by molar-refractivity contribution is 5.81. The van der Waals surface area contributed by atoms with Crippen molar-refractivity contribution in [3.63, 3.8) is 0 Å². The number of hydrogen-bond acceptors (Lipinski definition) is 5. The summed E-state index contributed by atoms with van der Waals surface area (Å²) in [6, 6.07) is 5.22. The van der Waals surface area contributed by atoms with Gasteiger partial charge in [0.15, 0.2) is 0 Å². The zero-order chi connectivity index (χ0) is 20.3. The summed E-state index contributed by atoms with van der Waals surface area (Å²) in [5, 5.41) is 0. The molecule has 154 valence electrons. The fourth-order valence-electron chi connectivity index (χ4n) is 4.72. The van der Waals surface area contributed by atoms with E-state index in [9.17, 15) is 9.59 Å². The standard InChI is InChI=1S/C21H30N2O5/c1-21(2)15-7-5-14(17(21)10-15)12-28-20(25)23-22-19(24)9-13-6-8-16(26-3)11-18(13)27-4/h6,8,11,14-15,17H,5,7,9-10,12H2,1-4H3,(H,22,24)(H,23,25). The number of hydrazine groups is 1. The number of carbonyl (C=O) groups is 2. The molecule has 4 rings (SSSR count). The minimum absolute atomic E-state index is 0.0632. The molecule has 7 nitrogen and oxygen atoms in total. The van der Waals surface area contributed by atoms with Gasteiger partial charge in [-0.2, -0.15) is 0 Å². The van der Waals surface area contributed by atoms with Crippen LogP contribution in [0.15, 0.2) is 18.2 Å². The summed E-state index contributed by atoms with van der Waals surface area (Å²) in [5.41, 5.74) is 5.76. The summed E-state index contributed by atoms with van der Waals surface area (Å²) in [4.78, 5) is 24.1. The number of methoxy groups -OCH3 is 2. The maximum atomic E-state index is 12.1. The Morgan fingerprint density at radius 3 is 2.57 bits per heavy atom. The molecular formula is C21H30N2O5. The van der Waals surface area contributed by atoms with Crippen molar-refractivity contribution in [2.75, 3.05) is 20.8 Å². The Balaban J connectivity index is 1.42. The minimum atomic E-state index is -0.630. The summed E-state index contributed by atoms with van der Waals surface area (Å²) in [6.07, 6.45) is 2.99. The van der Waals surface area contributed by atoms with Crippen molar-refractivity contribution in [3.05, 3.63) is 23.8 Å². The second kappa shape index (κ2) is 8.29. The molecule has 0 radical (unpaired) electrons. The maximum absolute atomic E-state index is 12.1. The number of fused-ring (bicyclic) bond motifs is 2. The van der Waals surface area contributed by atoms with Gasteiger partial charge in [-0.25, -0.2) is 10.2 Å².